The molecule has 138 valence electrons. The zero-order chi connectivity index (χ0) is 19.3. The second-order valence-corrected chi connectivity index (χ2v) is 8.20. The molecule has 2 rings (SSSR count). The van der Waals surface area contributed by atoms with Crippen molar-refractivity contribution < 1.29 is 13.2 Å². The van der Waals surface area contributed by atoms with Crippen LogP contribution in [0.25, 0.3) is 6.08 Å². The molecule has 1 amide bonds. The molecule has 0 aliphatic carbocycles. The monoisotopic (exact) mass is 392 g/mol. The first-order valence-corrected chi connectivity index (χ1v) is 9.92. The molecule has 0 fully saturated rings. The molecule has 0 spiro atoms. The van der Waals surface area contributed by atoms with Gasteiger partial charge in [-0.2, -0.15) is 0 Å². The van der Waals surface area contributed by atoms with Crippen molar-refractivity contribution in [1.29, 1.82) is 0 Å². The van der Waals surface area contributed by atoms with Crippen LogP contribution in [0.4, 0.5) is 5.69 Å². The number of carbonyl (C=O) groups is 1. The van der Waals surface area contributed by atoms with Crippen LogP contribution in [0.5, 0.6) is 0 Å². The van der Waals surface area contributed by atoms with Gasteiger partial charge in [0.25, 0.3) is 0 Å². The van der Waals surface area contributed by atoms with Gasteiger partial charge in [0, 0.05) is 22.8 Å². The van der Waals surface area contributed by atoms with Gasteiger partial charge in [0.05, 0.1) is 4.90 Å². The normalized spacial score (nSPS) is 11.9. The van der Waals surface area contributed by atoms with Crippen LogP contribution in [0.1, 0.15) is 25.0 Å². The summed E-state index contributed by atoms with van der Waals surface area (Å²) < 4.78 is 26.7. The summed E-state index contributed by atoms with van der Waals surface area (Å²) in [6.45, 7) is 5.34. The van der Waals surface area contributed by atoms with E-state index in [0.29, 0.717) is 16.3 Å². The van der Waals surface area contributed by atoms with Gasteiger partial charge in [-0.3, -0.25) is 4.79 Å². The van der Waals surface area contributed by atoms with Crippen molar-refractivity contribution in [3.8, 4) is 0 Å². The van der Waals surface area contributed by atoms with E-state index in [0.717, 1.165) is 5.56 Å². The van der Waals surface area contributed by atoms with Crippen LogP contribution in [-0.2, 0) is 14.8 Å². The van der Waals surface area contributed by atoms with Crippen LogP contribution in [0.3, 0.4) is 0 Å². The minimum Gasteiger partial charge on any atom is -0.322 e. The van der Waals surface area contributed by atoms with Crippen molar-refractivity contribution in [3.05, 3.63) is 64.7 Å². The molecular formula is C19H21ClN2O3S. The second kappa shape index (κ2) is 8.49. The Balaban J connectivity index is 2.06. The van der Waals surface area contributed by atoms with Gasteiger partial charge in [-0.15, -0.1) is 0 Å². The van der Waals surface area contributed by atoms with Crippen molar-refractivity contribution >= 4 is 39.3 Å². The maximum absolute atomic E-state index is 12.1. The molecule has 5 nitrogen and oxygen atoms in total. The van der Waals surface area contributed by atoms with E-state index in [4.69, 9.17) is 11.6 Å². The lowest BCUT2D eigenvalue weighted by Crippen LogP contribution is -2.30. The minimum atomic E-state index is -3.52. The number of hydrogen-bond donors (Lipinski definition) is 2. The molecule has 0 aliphatic rings. The first-order chi connectivity index (χ1) is 12.2. The lowest BCUT2D eigenvalue weighted by Gasteiger charge is -2.09. The fourth-order valence-corrected chi connectivity index (χ4v) is 3.65. The molecule has 0 aliphatic heterocycles. The smallest absolute Gasteiger partial charge is 0.248 e. The van der Waals surface area contributed by atoms with E-state index in [2.05, 4.69) is 10.0 Å². The molecule has 0 heterocycles. The Morgan fingerprint density at radius 3 is 2.38 bits per heavy atom. The van der Waals surface area contributed by atoms with E-state index < -0.39 is 10.0 Å². The molecule has 2 N–H and O–H groups in total. The van der Waals surface area contributed by atoms with Crippen molar-refractivity contribution in [1.82, 2.24) is 4.72 Å². The van der Waals surface area contributed by atoms with Crippen LogP contribution in [-0.4, -0.2) is 20.4 Å². The summed E-state index contributed by atoms with van der Waals surface area (Å²) >= 11 is 6.03. The van der Waals surface area contributed by atoms with Gasteiger partial charge in [-0.25, -0.2) is 13.1 Å². The molecule has 0 unspecified atom stereocenters. The second-order valence-electron chi connectivity index (χ2n) is 6.08. The molecular weight excluding hydrogens is 372 g/mol. The van der Waals surface area contributed by atoms with Gasteiger partial charge in [0.15, 0.2) is 0 Å². The summed E-state index contributed by atoms with van der Waals surface area (Å²) in [5.74, 6) is -0.298. The predicted octanol–water partition coefficient (Wildman–Crippen LogP) is 3.99. The lowest BCUT2D eigenvalue weighted by molar-refractivity contribution is -0.111. The third-order valence-corrected chi connectivity index (χ3v) is 5.62. The highest BCUT2D eigenvalue weighted by atomic mass is 35.5. The molecule has 26 heavy (non-hydrogen) atoms. The Kier molecular flexibility index (Phi) is 6.58. The quantitative estimate of drug-likeness (QED) is 0.730. The van der Waals surface area contributed by atoms with E-state index in [9.17, 15) is 13.2 Å². The zero-order valence-corrected chi connectivity index (χ0v) is 16.4. The SMILES string of the molecule is Cc1c(Cl)cccc1NC(=O)/C=C/c1ccc(S(=O)(=O)NC(C)C)cc1. The summed E-state index contributed by atoms with van der Waals surface area (Å²) in [6.07, 6.45) is 3.00. The largest absolute Gasteiger partial charge is 0.322 e. The lowest BCUT2D eigenvalue weighted by atomic mass is 10.2. The summed E-state index contributed by atoms with van der Waals surface area (Å²) in [5.41, 5.74) is 2.16. The summed E-state index contributed by atoms with van der Waals surface area (Å²) in [4.78, 5) is 12.2. The summed E-state index contributed by atoms with van der Waals surface area (Å²) in [6, 6.07) is 11.4. The fourth-order valence-electron chi connectivity index (χ4n) is 2.23. The Morgan fingerprint density at radius 1 is 1.12 bits per heavy atom. The number of amides is 1. The van der Waals surface area contributed by atoms with E-state index >= 15 is 0 Å². The molecule has 2 aromatic rings. The fraction of sp³-hybridized carbons (Fsp3) is 0.211. The number of sulfonamides is 1. The molecule has 2 aromatic carbocycles. The average Bonchev–Trinajstić information content (AvgIpc) is 2.56. The average molecular weight is 393 g/mol. The third kappa shape index (κ3) is 5.42. The number of nitrogens with one attached hydrogen (secondary N) is 2. The van der Waals surface area contributed by atoms with Gasteiger partial charge in [-0.05, 0) is 62.2 Å². The number of benzene rings is 2. The van der Waals surface area contributed by atoms with Gasteiger partial charge in [0.2, 0.25) is 15.9 Å². The van der Waals surface area contributed by atoms with E-state index in [1.807, 2.05) is 6.92 Å². The van der Waals surface area contributed by atoms with Gasteiger partial charge in [0.1, 0.15) is 0 Å². The summed E-state index contributed by atoms with van der Waals surface area (Å²) in [5, 5.41) is 3.34. The number of hydrogen-bond acceptors (Lipinski definition) is 3. The maximum Gasteiger partial charge on any atom is 0.248 e. The number of halogens is 1. The summed E-state index contributed by atoms with van der Waals surface area (Å²) in [7, 11) is -3.52. The van der Waals surface area contributed by atoms with Crippen LogP contribution < -0.4 is 10.0 Å². The molecule has 0 saturated carbocycles. The van der Waals surface area contributed by atoms with Gasteiger partial charge in [-0.1, -0.05) is 29.8 Å². The highest BCUT2D eigenvalue weighted by Gasteiger charge is 2.14. The highest BCUT2D eigenvalue weighted by molar-refractivity contribution is 7.89. The van der Waals surface area contributed by atoms with E-state index in [-0.39, 0.29) is 16.8 Å². The molecule has 0 atom stereocenters. The predicted molar refractivity (Wildman–Crippen MR) is 106 cm³/mol. The topological polar surface area (TPSA) is 75.3 Å². The highest BCUT2D eigenvalue weighted by Crippen LogP contribution is 2.23. The van der Waals surface area contributed by atoms with Gasteiger partial charge >= 0.3 is 0 Å². The Morgan fingerprint density at radius 2 is 1.77 bits per heavy atom. The third-order valence-electron chi connectivity index (χ3n) is 3.53. The molecule has 0 radical (unpaired) electrons. The molecule has 7 heteroatoms. The van der Waals surface area contributed by atoms with Crippen LogP contribution in [0, 0.1) is 6.92 Å². The zero-order valence-electron chi connectivity index (χ0n) is 14.8. The maximum atomic E-state index is 12.1. The molecule has 0 aromatic heterocycles. The number of anilines is 1. The first-order valence-electron chi connectivity index (χ1n) is 8.05. The van der Waals surface area contributed by atoms with Crippen molar-refractivity contribution in [2.75, 3.05) is 5.32 Å². The Labute approximate surface area is 159 Å². The van der Waals surface area contributed by atoms with Crippen molar-refractivity contribution in [3.63, 3.8) is 0 Å². The van der Waals surface area contributed by atoms with Crippen molar-refractivity contribution in [2.24, 2.45) is 0 Å². The molecule has 0 bridgehead atoms. The number of rotatable bonds is 6. The molecule has 0 saturated heterocycles. The standard InChI is InChI=1S/C19H21ClN2O3S/c1-13(2)22-26(24,25)16-10-7-15(8-11-16)9-12-19(23)21-18-6-4-5-17(20)14(18)3/h4-13,22H,1-3H3,(H,21,23)/b12-9+. The minimum absolute atomic E-state index is 0.182. The van der Waals surface area contributed by atoms with Crippen molar-refractivity contribution in [2.45, 2.75) is 31.7 Å². The van der Waals surface area contributed by atoms with Crippen LogP contribution in [0.2, 0.25) is 5.02 Å². The van der Waals surface area contributed by atoms with Crippen LogP contribution in [0.15, 0.2) is 53.4 Å². The Hall–Kier alpha value is -2.15. The Bertz CT molecular complexity index is 920. The first kappa shape index (κ1) is 20.2. The van der Waals surface area contributed by atoms with Crippen LogP contribution >= 0.6 is 11.6 Å². The van der Waals surface area contributed by atoms with Gasteiger partial charge < -0.3 is 5.32 Å². The number of carbonyl (C=O) groups excluding carboxylic acids is 1. The van der Waals surface area contributed by atoms with E-state index in [1.54, 1.807) is 50.3 Å². The van der Waals surface area contributed by atoms with E-state index in [1.165, 1.54) is 18.2 Å².